The van der Waals surface area contributed by atoms with E-state index < -0.39 is 29.4 Å². The molecule has 2 amide bonds. The van der Waals surface area contributed by atoms with Gasteiger partial charge in [0.05, 0.1) is 6.04 Å². The molecule has 6 heteroatoms. The summed E-state index contributed by atoms with van der Waals surface area (Å²) in [5.41, 5.74) is -0.958. The summed E-state index contributed by atoms with van der Waals surface area (Å²) in [5.74, 6) is -1.50. The summed E-state index contributed by atoms with van der Waals surface area (Å²) in [4.78, 5) is 23.3. The van der Waals surface area contributed by atoms with E-state index in [2.05, 4.69) is 10.6 Å². The first-order chi connectivity index (χ1) is 9.86. The van der Waals surface area contributed by atoms with E-state index in [1.165, 1.54) is 6.07 Å². The third-order valence-electron chi connectivity index (χ3n) is 3.69. The molecule has 5 nitrogen and oxygen atoms in total. The molecule has 1 aromatic carbocycles. The summed E-state index contributed by atoms with van der Waals surface area (Å²) in [6.07, 6.45) is 0.528. The number of rotatable bonds is 6. The minimum atomic E-state index is -1.31. The summed E-state index contributed by atoms with van der Waals surface area (Å²) in [5, 5.41) is 14.3. The molecule has 1 aromatic rings. The van der Waals surface area contributed by atoms with Gasteiger partial charge in [-0.05, 0) is 25.8 Å². The van der Waals surface area contributed by atoms with Gasteiger partial charge in [0.1, 0.15) is 11.4 Å². The lowest BCUT2D eigenvalue weighted by atomic mass is 9.93. The lowest BCUT2D eigenvalue weighted by molar-refractivity contribution is -0.144. The quantitative estimate of drug-likeness (QED) is 0.755. The van der Waals surface area contributed by atoms with Crippen LogP contribution in [-0.4, -0.2) is 22.6 Å². The van der Waals surface area contributed by atoms with Crippen molar-refractivity contribution in [2.24, 2.45) is 0 Å². The minimum absolute atomic E-state index is 0.264. The van der Waals surface area contributed by atoms with Crippen molar-refractivity contribution in [3.63, 3.8) is 0 Å². The smallest absolute Gasteiger partial charge is 0.329 e. The van der Waals surface area contributed by atoms with Crippen LogP contribution in [0.5, 0.6) is 0 Å². The molecule has 3 N–H and O–H groups in total. The third kappa shape index (κ3) is 3.93. The fourth-order valence-electron chi connectivity index (χ4n) is 2.14. The zero-order valence-electron chi connectivity index (χ0n) is 12.4. The van der Waals surface area contributed by atoms with Crippen molar-refractivity contribution in [2.45, 2.75) is 45.2 Å². The summed E-state index contributed by atoms with van der Waals surface area (Å²) in [6, 6.07) is 4.93. The average Bonchev–Trinajstić information content (AvgIpc) is 2.44. The summed E-state index contributed by atoms with van der Waals surface area (Å²) >= 11 is 0. The van der Waals surface area contributed by atoms with Crippen molar-refractivity contribution in [2.75, 3.05) is 0 Å². The van der Waals surface area contributed by atoms with Gasteiger partial charge in [-0.3, -0.25) is 0 Å². The zero-order valence-corrected chi connectivity index (χ0v) is 12.4. The molecular weight excluding hydrogens is 275 g/mol. The number of benzene rings is 1. The van der Waals surface area contributed by atoms with Crippen molar-refractivity contribution in [3.05, 3.63) is 35.6 Å². The van der Waals surface area contributed by atoms with Crippen LogP contribution in [0.2, 0.25) is 0 Å². The number of hydrogen-bond donors (Lipinski definition) is 3. The van der Waals surface area contributed by atoms with Gasteiger partial charge in [0.2, 0.25) is 0 Å². The number of halogens is 1. The molecule has 0 bridgehead atoms. The molecule has 0 aliphatic rings. The summed E-state index contributed by atoms with van der Waals surface area (Å²) < 4.78 is 13.6. The Kier molecular flexibility index (Phi) is 5.69. The van der Waals surface area contributed by atoms with E-state index in [9.17, 15) is 19.1 Å². The van der Waals surface area contributed by atoms with Gasteiger partial charge < -0.3 is 15.7 Å². The predicted octanol–water partition coefficient (Wildman–Crippen LogP) is 2.83. The molecular formula is C15H21FN2O3. The lowest BCUT2D eigenvalue weighted by Gasteiger charge is -2.29. The van der Waals surface area contributed by atoms with E-state index in [1.54, 1.807) is 39.0 Å². The first-order valence-electron chi connectivity index (χ1n) is 6.92. The van der Waals surface area contributed by atoms with Gasteiger partial charge in [0.15, 0.2) is 0 Å². The Labute approximate surface area is 123 Å². The van der Waals surface area contributed by atoms with E-state index in [0.29, 0.717) is 5.56 Å². The standard InChI is InChI=1S/C15H21FN2O3/c1-4-15(5-2,13(19)20)18-14(21)17-10(3)11-8-6-7-9-12(11)16/h6-10H,4-5H2,1-3H3,(H,19,20)(H2,17,18,21). The molecule has 0 aliphatic heterocycles. The van der Waals surface area contributed by atoms with Crippen molar-refractivity contribution >= 4 is 12.0 Å². The predicted molar refractivity (Wildman–Crippen MR) is 77.4 cm³/mol. The van der Waals surface area contributed by atoms with Crippen LogP contribution in [0.15, 0.2) is 24.3 Å². The topological polar surface area (TPSA) is 78.4 Å². The monoisotopic (exact) mass is 296 g/mol. The molecule has 0 fully saturated rings. The van der Waals surface area contributed by atoms with Gasteiger partial charge in [-0.25, -0.2) is 14.0 Å². The Hall–Kier alpha value is -2.11. The number of hydrogen-bond acceptors (Lipinski definition) is 2. The number of carbonyl (C=O) groups excluding carboxylic acids is 1. The van der Waals surface area contributed by atoms with Crippen molar-refractivity contribution < 1.29 is 19.1 Å². The highest BCUT2D eigenvalue weighted by atomic mass is 19.1. The SMILES string of the molecule is CCC(CC)(NC(=O)NC(C)c1ccccc1F)C(=O)O. The molecule has 0 saturated heterocycles. The maximum Gasteiger partial charge on any atom is 0.329 e. The number of urea groups is 1. The lowest BCUT2D eigenvalue weighted by Crippen LogP contribution is -2.56. The Morgan fingerprint density at radius 2 is 1.86 bits per heavy atom. The second kappa shape index (κ2) is 7.06. The first kappa shape index (κ1) is 16.9. The second-order valence-corrected chi connectivity index (χ2v) is 4.94. The molecule has 0 aliphatic carbocycles. The highest BCUT2D eigenvalue weighted by Crippen LogP contribution is 2.18. The highest BCUT2D eigenvalue weighted by Gasteiger charge is 2.36. The number of nitrogens with one attached hydrogen (secondary N) is 2. The molecule has 0 aromatic heterocycles. The zero-order chi connectivity index (χ0) is 16.0. The average molecular weight is 296 g/mol. The van der Waals surface area contributed by atoms with E-state index in [-0.39, 0.29) is 12.8 Å². The van der Waals surface area contributed by atoms with Gasteiger partial charge in [-0.2, -0.15) is 0 Å². The molecule has 0 saturated carbocycles. The molecule has 116 valence electrons. The number of aliphatic carboxylic acids is 1. The third-order valence-corrected chi connectivity index (χ3v) is 3.69. The Morgan fingerprint density at radius 3 is 2.33 bits per heavy atom. The molecule has 0 spiro atoms. The van der Waals surface area contributed by atoms with Crippen LogP contribution < -0.4 is 10.6 Å². The van der Waals surface area contributed by atoms with Crippen LogP contribution in [-0.2, 0) is 4.79 Å². The van der Waals surface area contributed by atoms with E-state index in [1.807, 2.05) is 0 Å². The minimum Gasteiger partial charge on any atom is -0.480 e. The molecule has 1 unspecified atom stereocenters. The maximum atomic E-state index is 13.6. The van der Waals surface area contributed by atoms with Gasteiger partial charge in [0, 0.05) is 5.56 Å². The Balaban J connectivity index is 2.77. The van der Waals surface area contributed by atoms with Gasteiger partial charge in [-0.1, -0.05) is 32.0 Å². The molecule has 1 atom stereocenters. The summed E-state index contributed by atoms with van der Waals surface area (Å²) in [6.45, 7) is 5.02. The fourth-order valence-corrected chi connectivity index (χ4v) is 2.14. The number of carbonyl (C=O) groups is 2. The summed E-state index contributed by atoms with van der Waals surface area (Å²) in [7, 11) is 0. The van der Waals surface area contributed by atoms with Crippen molar-refractivity contribution in [3.8, 4) is 0 Å². The maximum absolute atomic E-state index is 13.6. The second-order valence-electron chi connectivity index (χ2n) is 4.94. The number of carboxylic acid groups (broad SMARTS) is 1. The van der Waals surface area contributed by atoms with Crippen LogP contribution in [0.3, 0.4) is 0 Å². The van der Waals surface area contributed by atoms with Crippen LogP contribution >= 0.6 is 0 Å². The van der Waals surface area contributed by atoms with Gasteiger partial charge in [0.25, 0.3) is 0 Å². The van der Waals surface area contributed by atoms with Crippen LogP contribution in [0.4, 0.5) is 9.18 Å². The van der Waals surface area contributed by atoms with Gasteiger partial charge in [-0.15, -0.1) is 0 Å². The molecule has 0 radical (unpaired) electrons. The van der Waals surface area contributed by atoms with E-state index in [0.717, 1.165) is 0 Å². The van der Waals surface area contributed by atoms with Crippen LogP contribution in [0.1, 0.15) is 45.2 Å². The Bertz CT molecular complexity index is 515. The van der Waals surface area contributed by atoms with Crippen molar-refractivity contribution in [1.82, 2.24) is 10.6 Å². The highest BCUT2D eigenvalue weighted by molar-refractivity contribution is 5.86. The molecule has 1 rings (SSSR count). The number of amides is 2. The molecule has 21 heavy (non-hydrogen) atoms. The van der Waals surface area contributed by atoms with Crippen LogP contribution in [0, 0.1) is 5.82 Å². The normalized spacial score (nSPS) is 12.6. The molecule has 0 heterocycles. The Morgan fingerprint density at radius 1 is 1.29 bits per heavy atom. The van der Waals surface area contributed by atoms with Crippen LogP contribution in [0.25, 0.3) is 0 Å². The fraction of sp³-hybridized carbons (Fsp3) is 0.467. The first-order valence-corrected chi connectivity index (χ1v) is 6.92. The van der Waals surface area contributed by atoms with Crippen molar-refractivity contribution in [1.29, 1.82) is 0 Å². The van der Waals surface area contributed by atoms with E-state index in [4.69, 9.17) is 0 Å². The van der Waals surface area contributed by atoms with E-state index >= 15 is 0 Å². The number of carboxylic acids is 1. The van der Waals surface area contributed by atoms with Gasteiger partial charge >= 0.3 is 12.0 Å². The largest absolute Gasteiger partial charge is 0.480 e.